The summed E-state index contributed by atoms with van der Waals surface area (Å²) in [4.78, 5) is 10.8. The average Bonchev–Trinajstić information content (AvgIpc) is 2.25. The van der Waals surface area contributed by atoms with E-state index in [1.54, 1.807) is 18.2 Å². The monoisotopic (exact) mass is 205 g/mol. The summed E-state index contributed by atoms with van der Waals surface area (Å²) < 4.78 is 9.39. The first kappa shape index (κ1) is 10.9. The lowest BCUT2D eigenvalue weighted by atomic mass is 10.2. The molecule has 1 rings (SSSR count). The van der Waals surface area contributed by atoms with Crippen LogP contribution in [-0.2, 0) is 9.53 Å². The molecular weight excluding hydrogens is 194 g/mol. The minimum absolute atomic E-state index is 0.531. The smallest absolute Gasteiger partial charge is 0.384 e. The van der Waals surface area contributed by atoms with Gasteiger partial charge in [0, 0.05) is 23.2 Å². The predicted molar refractivity (Wildman–Crippen MR) is 56.3 cm³/mol. The molecule has 0 amide bonds. The van der Waals surface area contributed by atoms with Crippen molar-refractivity contribution in [2.24, 2.45) is 0 Å². The molecule has 0 heterocycles. The first-order chi connectivity index (χ1) is 7.15. The number of methoxy groups -OCH3 is 2. The lowest BCUT2D eigenvalue weighted by Gasteiger charge is -2.01. The highest BCUT2D eigenvalue weighted by atomic mass is 16.5. The van der Waals surface area contributed by atoms with Gasteiger partial charge in [0.05, 0.1) is 14.2 Å². The second kappa shape index (κ2) is 4.91. The maximum atomic E-state index is 10.8. The van der Waals surface area contributed by atoms with Crippen LogP contribution in [0.5, 0.6) is 5.75 Å². The molecule has 0 aliphatic carbocycles. The van der Waals surface area contributed by atoms with Crippen LogP contribution in [0, 0.1) is 11.8 Å². The predicted octanol–water partition coefficient (Wildman–Crippen LogP) is 0.802. The molecule has 1 aromatic carbocycles. The van der Waals surface area contributed by atoms with Gasteiger partial charge in [-0.1, -0.05) is 5.92 Å². The van der Waals surface area contributed by atoms with Gasteiger partial charge in [0.1, 0.15) is 5.75 Å². The zero-order chi connectivity index (χ0) is 11.3. The lowest BCUT2D eigenvalue weighted by Crippen LogP contribution is -1.95. The van der Waals surface area contributed by atoms with Crippen molar-refractivity contribution in [3.05, 3.63) is 23.8 Å². The van der Waals surface area contributed by atoms with E-state index < -0.39 is 5.97 Å². The molecule has 0 saturated heterocycles. The highest BCUT2D eigenvalue weighted by molar-refractivity contribution is 5.89. The average molecular weight is 205 g/mol. The quantitative estimate of drug-likeness (QED) is 0.418. The van der Waals surface area contributed by atoms with Crippen molar-refractivity contribution in [2.75, 3.05) is 20.0 Å². The maximum absolute atomic E-state index is 10.8. The molecule has 0 saturated carbocycles. The summed E-state index contributed by atoms with van der Waals surface area (Å²) in [5.41, 5.74) is 6.75. The van der Waals surface area contributed by atoms with Crippen LogP contribution in [0.25, 0.3) is 0 Å². The summed E-state index contributed by atoms with van der Waals surface area (Å²) in [5, 5.41) is 0. The number of esters is 1. The van der Waals surface area contributed by atoms with Gasteiger partial charge < -0.3 is 15.2 Å². The second-order valence-electron chi connectivity index (χ2n) is 2.74. The molecule has 15 heavy (non-hydrogen) atoms. The van der Waals surface area contributed by atoms with Gasteiger partial charge in [-0.05, 0) is 12.1 Å². The van der Waals surface area contributed by atoms with Crippen LogP contribution >= 0.6 is 0 Å². The number of anilines is 1. The van der Waals surface area contributed by atoms with Crippen LogP contribution in [0.3, 0.4) is 0 Å². The van der Waals surface area contributed by atoms with Gasteiger partial charge in [0.25, 0.3) is 0 Å². The first-order valence-electron chi connectivity index (χ1n) is 4.20. The number of carbonyl (C=O) groups is 1. The van der Waals surface area contributed by atoms with Crippen LogP contribution in [0.15, 0.2) is 18.2 Å². The summed E-state index contributed by atoms with van der Waals surface area (Å²) in [6, 6.07) is 5.01. The summed E-state index contributed by atoms with van der Waals surface area (Å²) in [6.45, 7) is 0. The molecule has 0 aromatic heterocycles. The Hall–Kier alpha value is -2.15. The van der Waals surface area contributed by atoms with Crippen molar-refractivity contribution < 1.29 is 14.3 Å². The van der Waals surface area contributed by atoms with Crippen molar-refractivity contribution in [3.8, 4) is 17.6 Å². The number of benzene rings is 1. The molecule has 0 bridgehead atoms. The third-order valence-electron chi connectivity index (χ3n) is 1.66. The molecule has 0 fully saturated rings. The Morgan fingerprint density at radius 1 is 1.33 bits per heavy atom. The fourth-order valence-electron chi connectivity index (χ4n) is 0.986. The fourth-order valence-corrected chi connectivity index (χ4v) is 0.986. The Morgan fingerprint density at radius 2 is 2.07 bits per heavy atom. The summed E-state index contributed by atoms with van der Waals surface area (Å²) in [6.07, 6.45) is 0. The first-order valence-corrected chi connectivity index (χ1v) is 4.20. The maximum Gasteiger partial charge on any atom is 0.384 e. The van der Waals surface area contributed by atoms with E-state index in [1.807, 2.05) is 0 Å². The van der Waals surface area contributed by atoms with Crippen molar-refractivity contribution in [1.29, 1.82) is 0 Å². The molecule has 0 radical (unpaired) electrons. The van der Waals surface area contributed by atoms with Gasteiger partial charge >= 0.3 is 5.97 Å². The van der Waals surface area contributed by atoms with Gasteiger partial charge in [-0.25, -0.2) is 4.79 Å². The third-order valence-corrected chi connectivity index (χ3v) is 1.66. The van der Waals surface area contributed by atoms with E-state index in [-0.39, 0.29) is 0 Å². The highest BCUT2D eigenvalue weighted by Crippen LogP contribution is 2.17. The lowest BCUT2D eigenvalue weighted by molar-refractivity contribution is -0.133. The Bertz CT molecular complexity index is 429. The number of hydrogen-bond acceptors (Lipinski definition) is 4. The van der Waals surface area contributed by atoms with Crippen LogP contribution < -0.4 is 10.5 Å². The zero-order valence-corrected chi connectivity index (χ0v) is 8.53. The minimum atomic E-state index is -0.587. The van der Waals surface area contributed by atoms with Gasteiger partial charge in [0.15, 0.2) is 0 Å². The molecule has 78 valence electrons. The Morgan fingerprint density at radius 3 is 2.67 bits per heavy atom. The number of nitrogens with two attached hydrogens (primary N) is 1. The fraction of sp³-hybridized carbons (Fsp3) is 0.182. The minimum Gasteiger partial charge on any atom is -0.497 e. The SMILES string of the molecule is COC(=O)C#Cc1cc(N)cc(OC)c1. The van der Waals surface area contributed by atoms with E-state index in [4.69, 9.17) is 10.5 Å². The summed E-state index contributed by atoms with van der Waals surface area (Å²) >= 11 is 0. The van der Waals surface area contributed by atoms with Gasteiger partial charge in [-0.15, -0.1) is 0 Å². The summed E-state index contributed by atoms with van der Waals surface area (Å²) in [7, 11) is 2.81. The Kier molecular flexibility index (Phi) is 3.58. The van der Waals surface area contributed by atoms with Gasteiger partial charge in [-0.2, -0.15) is 0 Å². The van der Waals surface area contributed by atoms with E-state index in [0.717, 1.165) is 0 Å². The van der Waals surface area contributed by atoms with E-state index in [0.29, 0.717) is 17.0 Å². The molecule has 0 spiro atoms. The van der Waals surface area contributed by atoms with Crippen LogP contribution in [-0.4, -0.2) is 20.2 Å². The molecule has 4 heteroatoms. The zero-order valence-electron chi connectivity index (χ0n) is 8.53. The van der Waals surface area contributed by atoms with Crippen molar-refractivity contribution in [1.82, 2.24) is 0 Å². The number of rotatable bonds is 1. The number of carbonyl (C=O) groups excluding carboxylic acids is 1. The number of ether oxygens (including phenoxy) is 2. The number of nitrogen functional groups attached to an aromatic ring is 1. The normalized spacial score (nSPS) is 8.67. The van der Waals surface area contributed by atoms with Crippen LogP contribution in [0.2, 0.25) is 0 Å². The number of hydrogen-bond donors (Lipinski definition) is 1. The van der Waals surface area contributed by atoms with Crippen LogP contribution in [0.1, 0.15) is 5.56 Å². The second-order valence-corrected chi connectivity index (χ2v) is 2.74. The van der Waals surface area contributed by atoms with Gasteiger partial charge in [0.2, 0.25) is 0 Å². The molecule has 0 atom stereocenters. The highest BCUT2D eigenvalue weighted by Gasteiger charge is 1.97. The Balaban J connectivity index is 2.98. The molecule has 0 aliphatic rings. The molecule has 2 N–H and O–H groups in total. The molecule has 0 unspecified atom stereocenters. The van der Waals surface area contributed by atoms with E-state index in [2.05, 4.69) is 16.6 Å². The van der Waals surface area contributed by atoms with Crippen LogP contribution in [0.4, 0.5) is 5.69 Å². The summed E-state index contributed by atoms with van der Waals surface area (Å²) in [5.74, 6) is 4.95. The van der Waals surface area contributed by atoms with E-state index in [1.165, 1.54) is 14.2 Å². The Labute approximate surface area is 88.0 Å². The topological polar surface area (TPSA) is 61.5 Å². The van der Waals surface area contributed by atoms with E-state index in [9.17, 15) is 4.79 Å². The molecular formula is C11H11NO3. The van der Waals surface area contributed by atoms with Crippen molar-refractivity contribution >= 4 is 11.7 Å². The van der Waals surface area contributed by atoms with Gasteiger partial charge in [-0.3, -0.25) is 0 Å². The molecule has 1 aromatic rings. The molecule has 4 nitrogen and oxygen atoms in total. The molecule has 0 aliphatic heterocycles. The largest absolute Gasteiger partial charge is 0.497 e. The third kappa shape index (κ3) is 3.24. The van der Waals surface area contributed by atoms with Crippen molar-refractivity contribution in [3.63, 3.8) is 0 Å². The van der Waals surface area contributed by atoms with E-state index >= 15 is 0 Å². The standard InChI is InChI=1S/C11H11NO3/c1-14-10-6-8(5-9(12)7-10)3-4-11(13)15-2/h5-7H,12H2,1-2H3. The van der Waals surface area contributed by atoms with Crippen molar-refractivity contribution in [2.45, 2.75) is 0 Å².